The van der Waals surface area contributed by atoms with Gasteiger partial charge in [-0.2, -0.15) is 4.37 Å². The minimum atomic E-state index is 0.597. The smallest absolute Gasteiger partial charge is 0.147 e. The molecule has 0 bridgehead atoms. The lowest BCUT2D eigenvalue weighted by Gasteiger charge is -2.26. The molecule has 5 nitrogen and oxygen atoms in total. The molecule has 1 aromatic carbocycles. The quantitative estimate of drug-likeness (QED) is 0.886. The van der Waals surface area contributed by atoms with E-state index in [1.165, 1.54) is 11.5 Å². The molecule has 0 atom stereocenters. The second-order valence-electron chi connectivity index (χ2n) is 5.02. The third-order valence-electron chi connectivity index (χ3n) is 3.60. The van der Waals surface area contributed by atoms with E-state index in [2.05, 4.69) is 26.7 Å². The normalized spacial score (nSPS) is 16.0. The van der Waals surface area contributed by atoms with Crippen LogP contribution in [0.15, 0.2) is 30.3 Å². The standard InChI is InChI=1S/C15H20N4OS/c16-14-13(12-4-2-1-3-5-12)15(21-18-14)17-6-7-19-8-10-20-11-9-19/h1-5,17H,6-11H2,(H2,16,18). The minimum Gasteiger partial charge on any atom is -0.382 e. The van der Waals surface area contributed by atoms with Crippen molar-refractivity contribution in [1.82, 2.24) is 9.27 Å². The van der Waals surface area contributed by atoms with Gasteiger partial charge in [-0.25, -0.2) is 0 Å². The van der Waals surface area contributed by atoms with Crippen molar-refractivity contribution in [2.45, 2.75) is 0 Å². The Bertz CT molecular complexity index is 566. The van der Waals surface area contributed by atoms with Crippen LogP contribution in [0, 0.1) is 0 Å². The van der Waals surface area contributed by atoms with Crippen LogP contribution in [0.5, 0.6) is 0 Å². The van der Waals surface area contributed by atoms with Gasteiger partial charge in [0.05, 0.1) is 18.8 Å². The molecule has 3 N–H and O–H groups in total. The molecule has 1 fully saturated rings. The zero-order valence-electron chi connectivity index (χ0n) is 11.9. The Hall–Kier alpha value is -1.63. The third kappa shape index (κ3) is 3.53. The number of nitrogens with two attached hydrogens (primary N) is 1. The lowest BCUT2D eigenvalue weighted by Crippen LogP contribution is -2.38. The summed E-state index contributed by atoms with van der Waals surface area (Å²) in [4.78, 5) is 2.41. The lowest BCUT2D eigenvalue weighted by molar-refractivity contribution is 0.0398. The molecule has 0 spiro atoms. The van der Waals surface area contributed by atoms with Crippen LogP contribution in [0.2, 0.25) is 0 Å². The van der Waals surface area contributed by atoms with E-state index in [0.717, 1.165) is 55.5 Å². The summed E-state index contributed by atoms with van der Waals surface area (Å²) in [6.07, 6.45) is 0. The first-order valence-corrected chi connectivity index (χ1v) is 7.96. The topological polar surface area (TPSA) is 63.4 Å². The Morgan fingerprint density at radius 1 is 1.24 bits per heavy atom. The molecule has 3 rings (SSSR count). The summed E-state index contributed by atoms with van der Waals surface area (Å²) in [6, 6.07) is 10.2. The van der Waals surface area contributed by atoms with Crippen molar-refractivity contribution in [3.05, 3.63) is 30.3 Å². The van der Waals surface area contributed by atoms with E-state index in [-0.39, 0.29) is 0 Å². The molecule has 112 valence electrons. The van der Waals surface area contributed by atoms with E-state index < -0.39 is 0 Å². The Morgan fingerprint density at radius 2 is 2.00 bits per heavy atom. The molecular formula is C15H20N4OS. The van der Waals surface area contributed by atoms with Gasteiger partial charge in [-0.15, -0.1) is 0 Å². The average molecular weight is 304 g/mol. The summed E-state index contributed by atoms with van der Waals surface area (Å²) >= 11 is 1.43. The number of morpholine rings is 1. The van der Waals surface area contributed by atoms with Crippen LogP contribution >= 0.6 is 11.5 Å². The van der Waals surface area contributed by atoms with Crippen molar-refractivity contribution < 1.29 is 4.74 Å². The predicted molar refractivity (Wildman–Crippen MR) is 87.7 cm³/mol. The van der Waals surface area contributed by atoms with E-state index in [4.69, 9.17) is 10.5 Å². The van der Waals surface area contributed by atoms with E-state index in [0.29, 0.717) is 5.82 Å². The Morgan fingerprint density at radius 3 is 2.76 bits per heavy atom. The summed E-state index contributed by atoms with van der Waals surface area (Å²) in [6.45, 7) is 5.60. The number of ether oxygens (including phenoxy) is 1. The molecule has 1 aliphatic rings. The van der Waals surface area contributed by atoms with Crippen LogP contribution in [0.4, 0.5) is 10.8 Å². The van der Waals surface area contributed by atoms with Crippen LogP contribution in [0.25, 0.3) is 11.1 Å². The molecule has 1 aliphatic heterocycles. The maximum atomic E-state index is 6.02. The minimum absolute atomic E-state index is 0.597. The second-order valence-corrected chi connectivity index (χ2v) is 5.79. The van der Waals surface area contributed by atoms with Crippen molar-refractivity contribution in [2.24, 2.45) is 0 Å². The summed E-state index contributed by atoms with van der Waals surface area (Å²) in [5.74, 6) is 0.597. The average Bonchev–Trinajstić information content (AvgIpc) is 2.90. The molecule has 1 aromatic heterocycles. The number of hydrogen-bond acceptors (Lipinski definition) is 6. The molecule has 0 radical (unpaired) electrons. The molecule has 0 aliphatic carbocycles. The van der Waals surface area contributed by atoms with E-state index >= 15 is 0 Å². The Kier molecular flexibility index (Phi) is 4.69. The molecule has 6 heteroatoms. The van der Waals surface area contributed by atoms with E-state index in [9.17, 15) is 0 Å². The summed E-state index contributed by atoms with van der Waals surface area (Å²) < 4.78 is 9.64. The Labute approximate surface area is 128 Å². The van der Waals surface area contributed by atoms with E-state index in [1.807, 2.05) is 18.2 Å². The van der Waals surface area contributed by atoms with Gasteiger partial charge >= 0.3 is 0 Å². The van der Waals surface area contributed by atoms with Gasteiger partial charge in [-0.1, -0.05) is 30.3 Å². The number of nitrogens with one attached hydrogen (secondary N) is 1. The largest absolute Gasteiger partial charge is 0.382 e. The number of nitrogens with zero attached hydrogens (tertiary/aromatic N) is 2. The fourth-order valence-corrected chi connectivity index (χ4v) is 3.22. The Balaban J connectivity index is 1.63. The molecular weight excluding hydrogens is 284 g/mol. The molecule has 0 unspecified atom stereocenters. The molecule has 2 aromatic rings. The summed E-state index contributed by atoms with van der Waals surface area (Å²) in [7, 11) is 0. The van der Waals surface area contributed by atoms with Gasteiger partial charge in [0.2, 0.25) is 0 Å². The zero-order chi connectivity index (χ0) is 14.5. The number of nitrogen functional groups attached to an aromatic ring is 1. The number of aromatic nitrogens is 1. The van der Waals surface area contributed by atoms with Crippen LogP contribution in [-0.4, -0.2) is 48.7 Å². The van der Waals surface area contributed by atoms with Gasteiger partial charge in [-0.05, 0) is 17.1 Å². The van der Waals surface area contributed by atoms with Crippen LogP contribution in [0.3, 0.4) is 0 Å². The zero-order valence-corrected chi connectivity index (χ0v) is 12.7. The number of hydrogen-bond donors (Lipinski definition) is 2. The van der Waals surface area contributed by atoms with Gasteiger partial charge in [0, 0.05) is 26.2 Å². The maximum Gasteiger partial charge on any atom is 0.147 e. The number of benzene rings is 1. The van der Waals surface area contributed by atoms with Crippen molar-refractivity contribution >= 4 is 22.4 Å². The maximum absolute atomic E-state index is 6.02. The van der Waals surface area contributed by atoms with Crippen LogP contribution in [0.1, 0.15) is 0 Å². The summed E-state index contributed by atoms with van der Waals surface area (Å²) in [5, 5.41) is 4.52. The highest BCUT2D eigenvalue weighted by Gasteiger charge is 2.14. The number of rotatable bonds is 5. The van der Waals surface area contributed by atoms with Gasteiger partial charge in [-0.3, -0.25) is 4.90 Å². The fraction of sp³-hybridized carbons (Fsp3) is 0.400. The van der Waals surface area contributed by atoms with Crippen molar-refractivity contribution in [3.8, 4) is 11.1 Å². The SMILES string of the molecule is Nc1nsc(NCCN2CCOCC2)c1-c1ccccc1. The highest BCUT2D eigenvalue weighted by Crippen LogP contribution is 2.36. The van der Waals surface area contributed by atoms with Crippen LogP contribution < -0.4 is 11.1 Å². The predicted octanol–water partition coefficient (Wildman–Crippen LogP) is 2.14. The highest BCUT2D eigenvalue weighted by atomic mass is 32.1. The van der Waals surface area contributed by atoms with Gasteiger partial charge in [0.1, 0.15) is 10.8 Å². The second kappa shape index (κ2) is 6.89. The molecule has 0 saturated carbocycles. The molecule has 0 amide bonds. The van der Waals surface area contributed by atoms with Gasteiger partial charge < -0.3 is 15.8 Å². The first-order chi connectivity index (χ1) is 10.3. The van der Waals surface area contributed by atoms with Crippen LogP contribution in [-0.2, 0) is 4.74 Å². The monoisotopic (exact) mass is 304 g/mol. The molecule has 1 saturated heterocycles. The highest BCUT2D eigenvalue weighted by molar-refractivity contribution is 7.11. The van der Waals surface area contributed by atoms with Gasteiger partial charge in [0.25, 0.3) is 0 Å². The molecule has 2 heterocycles. The lowest BCUT2D eigenvalue weighted by atomic mass is 10.1. The number of anilines is 2. The summed E-state index contributed by atoms with van der Waals surface area (Å²) in [5.41, 5.74) is 8.15. The van der Waals surface area contributed by atoms with Crippen molar-refractivity contribution in [2.75, 3.05) is 50.4 Å². The first-order valence-electron chi connectivity index (χ1n) is 7.19. The fourth-order valence-electron chi connectivity index (χ4n) is 2.46. The first kappa shape index (κ1) is 14.3. The van der Waals surface area contributed by atoms with E-state index in [1.54, 1.807) is 0 Å². The molecule has 21 heavy (non-hydrogen) atoms. The third-order valence-corrected chi connectivity index (χ3v) is 4.42. The van der Waals surface area contributed by atoms with Crippen molar-refractivity contribution in [1.29, 1.82) is 0 Å². The van der Waals surface area contributed by atoms with Crippen molar-refractivity contribution in [3.63, 3.8) is 0 Å². The van der Waals surface area contributed by atoms with Gasteiger partial charge in [0.15, 0.2) is 0 Å².